The number of carbonyl (C=O) groups is 1. The van der Waals surface area contributed by atoms with E-state index in [2.05, 4.69) is 29.2 Å². The van der Waals surface area contributed by atoms with Crippen molar-refractivity contribution in [3.63, 3.8) is 0 Å². The fourth-order valence-electron chi connectivity index (χ4n) is 2.64. The maximum atomic E-state index is 11.5. The minimum absolute atomic E-state index is 0.118. The van der Waals surface area contributed by atoms with Gasteiger partial charge in [-0.05, 0) is 6.42 Å². The molecule has 104 valence electrons. The molecule has 0 amide bonds. The molecule has 1 aromatic heterocycles. The maximum absolute atomic E-state index is 11.5. The third-order valence-electron chi connectivity index (χ3n) is 3.76. The van der Waals surface area contributed by atoms with Crippen LogP contribution in [0.1, 0.15) is 44.3 Å². The van der Waals surface area contributed by atoms with Crippen molar-refractivity contribution in [1.82, 2.24) is 20.1 Å². The molecule has 0 aromatic carbocycles. The number of esters is 1. The lowest BCUT2D eigenvalue weighted by molar-refractivity contribution is -0.139. The third-order valence-corrected chi connectivity index (χ3v) is 3.76. The topological polar surface area (TPSA) is 69.0 Å². The van der Waals surface area contributed by atoms with Crippen molar-refractivity contribution < 1.29 is 9.53 Å². The van der Waals surface area contributed by atoms with Gasteiger partial charge in [-0.3, -0.25) is 10.1 Å². The maximum Gasteiger partial charge on any atom is 0.323 e. The van der Waals surface area contributed by atoms with Gasteiger partial charge in [0.25, 0.3) is 0 Å². The number of aromatic nitrogens is 3. The number of nitrogens with one attached hydrogen (secondary N) is 1. The van der Waals surface area contributed by atoms with Gasteiger partial charge in [0.05, 0.1) is 13.2 Å². The summed E-state index contributed by atoms with van der Waals surface area (Å²) in [5.41, 5.74) is 0. The first-order valence-corrected chi connectivity index (χ1v) is 7.00. The van der Waals surface area contributed by atoms with Crippen molar-refractivity contribution in [2.24, 2.45) is 0 Å². The summed E-state index contributed by atoms with van der Waals surface area (Å²) in [6.45, 7) is 5.53. The summed E-state index contributed by atoms with van der Waals surface area (Å²) in [6.07, 6.45) is 2.69. The van der Waals surface area contributed by atoms with Crippen molar-refractivity contribution in [1.29, 1.82) is 0 Å². The van der Waals surface area contributed by atoms with Crippen LogP contribution in [0.4, 0.5) is 0 Å². The van der Waals surface area contributed by atoms with E-state index in [9.17, 15) is 4.79 Å². The SMILES string of the molecule is CC(C)c1nc2n(n1)C[C@@H](N[C@H]1CCOC1=O)CC2. The Bertz CT molecular complexity index is 483. The van der Waals surface area contributed by atoms with E-state index in [0.717, 1.165) is 37.5 Å². The van der Waals surface area contributed by atoms with Crippen molar-refractivity contribution in [3.8, 4) is 0 Å². The summed E-state index contributed by atoms with van der Waals surface area (Å²) in [6, 6.07) is 0.143. The van der Waals surface area contributed by atoms with Gasteiger partial charge in [-0.1, -0.05) is 13.8 Å². The Morgan fingerprint density at radius 1 is 1.42 bits per heavy atom. The van der Waals surface area contributed by atoms with Crippen LogP contribution in [0.3, 0.4) is 0 Å². The number of ether oxygens (including phenoxy) is 1. The Balaban J connectivity index is 1.66. The number of aryl methyl sites for hydroxylation is 1. The summed E-state index contributed by atoms with van der Waals surface area (Å²) in [4.78, 5) is 16.0. The Kier molecular flexibility index (Phi) is 3.26. The molecular weight excluding hydrogens is 244 g/mol. The molecule has 6 nitrogen and oxygen atoms in total. The van der Waals surface area contributed by atoms with Crippen LogP contribution in [0.5, 0.6) is 0 Å². The highest BCUT2D eigenvalue weighted by Crippen LogP contribution is 2.18. The van der Waals surface area contributed by atoms with E-state index in [1.807, 2.05) is 4.68 Å². The molecule has 1 fully saturated rings. The number of carbonyl (C=O) groups excluding carboxylic acids is 1. The van der Waals surface area contributed by atoms with Gasteiger partial charge in [-0.25, -0.2) is 9.67 Å². The van der Waals surface area contributed by atoms with E-state index in [-0.39, 0.29) is 18.1 Å². The summed E-state index contributed by atoms with van der Waals surface area (Å²) in [5.74, 6) is 2.22. The summed E-state index contributed by atoms with van der Waals surface area (Å²) in [5, 5.41) is 7.93. The molecule has 0 bridgehead atoms. The first kappa shape index (κ1) is 12.6. The van der Waals surface area contributed by atoms with Crippen LogP contribution in [-0.4, -0.2) is 39.4 Å². The Labute approximate surface area is 112 Å². The van der Waals surface area contributed by atoms with E-state index in [0.29, 0.717) is 12.5 Å². The lowest BCUT2D eigenvalue weighted by Crippen LogP contribution is -2.45. The third kappa shape index (κ3) is 2.49. The minimum atomic E-state index is -0.139. The second-order valence-electron chi connectivity index (χ2n) is 5.63. The molecule has 1 N–H and O–H groups in total. The van der Waals surface area contributed by atoms with Crippen LogP contribution in [0.2, 0.25) is 0 Å². The predicted octanol–water partition coefficient (Wildman–Crippen LogP) is 0.621. The standard InChI is InChI=1S/C13H20N4O2/c1-8(2)12-15-11-4-3-9(7-17(11)16-12)14-10-5-6-19-13(10)18/h8-10,14H,3-7H2,1-2H3/t9-,10-/m0/s1. The van der Waals surface area contributed by atoms with Gasteiger partial charge in [0.15, 0.2) is 5.82 Å². The molecule has 0 aliphatic carbocycles. The second kappa shape index (κ2) is 4.92. The molecule has 0 spiro atoms. The second-order valence-corrected chi connectivity index (χ2v) is 5.63. The van der Waals surface area contributed by atoms with Crippen LogP contribution < -0.4 is 5.32 Å². The quantitative estimate of drug-likeness (QED) is 0.811. The molecule has 1 saturated heterocycles. The van der Waals surface area contributed by atoms with Crippen LogP contribution in [0.25, 0.3) is 0 Å². The molecule has 0 unspecified atom stereocenters. The lowest BCUT2D eigenvalue weighted by atomic mass is 10.1. The number of nitrogens with zero attached hydrogens (tertiary/aromatic N) is 3. The van der Waals surface area contributed by atoms with Crippen molar-refractivity contribution in [2.45, 2.75) is 57.7 Å². The first-order chi connectivity index (χ1) is 9.13. The van der Waals surface area contributed by atoms with Crippen LogP contribution in [-0.2, 0) is 22.5 Å². The highest BCUT2D eigenvalue weighted by molar-refractivity contribution is 5.77. The molecule has 2 aliphatic heterocycles. The monoisotopic (exact) mass is 264 g/mol. The molecule has 1 aromatic rings. The molecule has 19 heavy (non-hydrogen) atoms. The number of fused-ring (bicyclic) bond motifs is 1. The summed E-state index contributed by atoms with van der Waals surface area (Å²) < 4.78 is 6.96. The zero-order valence-corrected chi connectivity index (χ0v) is 11.4. The molecule has 3 rings (SSSR count). The lowest BCUT2D eigenvalue weighted by Gasteiger charge is -2.25. The average molecular weight is 264 g/mol. The number of hydrogen-bond donors (Lipinski definition) is 1. The van der Waals surface area contributed by atoms with Gasteiger partial charge < -0.3 is 4.74 Å². The summed E-state index contributed by atoms with van der Waals surface area (Å²) in [7, 11) is 0. The van der Waals surface area contributed by atoms with Crippen molar-refractivity contribution in [3.05, 3.63) is 11.6 Å². The van der Waals surface area contributed by atoms with Crippen LogP contribution in [0.15, 0.2) is 0 Å². The summed E-state index contributed by atoms with van der Waals surface area (Å²) >= 11 is 0. The molecule has 0 saturated carbocycles. The molecule has 2 aliphatic rings. The van der Waals surface area contributed by atoms with Gasteiger partial charge in [-0.2, -0.15) is 5.10 Å². The highest BCUT2D eigenvalue weighted by atomic mass is 16.5. The molecule has 0 radical (unpaired) electrons. The zero-order chi connectivity index (χ0) is 13.4. The normalized spacial score (nSPS) is 26.6. The van der Waals surface area contributed by atoms with E-state index < -0.39 is 0 Å². The molecule has 3 heterocycles. The fourth-order valence-corrected chi connectivity index (χ4v) is 2.64. The number of rotatable bonds is 3. The number of hydrogen-bond acceptors (Lipinski definition) is 5. The van der Waals surface area contributed by atoms with Gasteiger partial charge in [0.2, 0.25) is 0 Å². The van der Waals surface area contributed by atoms with E-state index in [1.165, 1.54) is 0 Å². The van der Waals surface area contributed by atoms with Crippen LogP contribution in [0, 0.1) is 0 Å². The first-order valence-electron chi connectivity index (χ1n) is 7.00. The van der Waals surface area contributed by atoms with Gasteiger partial charge >= 0.3 is 5.97 Å². The van der Waals surface area contributed by atoms with Crippen molar-refractivity contribution in [2.75, 3.05) is 6.61 Å². The molecule has 2 atom stereocenters. The predicted molar refractivity (Wildman–Crippen MR) is 68.7 cm³/mol. The van der Waals surface area contributed by atoms with Crippen LogP contribution >= 0.6 is 0 Å². The Morgan fingerprint density at radius 2 is 2.26 bits per heavy atom. The minimum Gasteiger partial charge on any atom is -0.464 e. The zero-order valence-electron chi connectivity index (χ0n) is 11.4. The average Bonchev–Trinajstić information content (AvgIpc) is 2.96. The van der Waals surface area contributed by atoms with Crippen molar-refractivity contribution >= 4 is 5.97 Å². The highest BCUT2D eigenvalue weighted by Gasteiger charge is 2.30. The van der Waals surface area contributed by atoms with Gasteiger partial charge in [0.1, 0.15) is 11.9 Å². The largest absolute Gasteiger partial charge is 0.464 e. The Hall–Kier alpha value is -1.43. The molecule has 6 heteroatoms. The van der Waals surface area contributed by atoms with E-state index >= 15 is 0 Å². The fraction of sp³-hybridized carbons (Fsp3) is 0.769. The van der Waals surface area contributed by atoms with E-state index in [1.54, 1.807) is 0 Å². The Morgan fingerprint density at radius 3 is 2.95 bits per heavy atom. The van der Waals surface area contributed by atoms with Gasteiger partial charge in [0, 0.05) is 24.8 Å². The smallest absolute Gasteiger partial charge is 0.323 e. The molecular formula is C13H20N4O2. The van der Waals surface area contributed by atoms with Gasteiger partial charge in [-0.15, -0.1) is 0 Å². The van der Waals surface area contributed by atoms with E-state index in [4.69, 9.17) is 4.74 Å². The number of cyclic esters (lactones) is 1.